The molecule has 0 aliphatic heterocycles. The van der Waals surface area contributed by atoms with E-state index in [1.54, 1.807) is 24.3 Å². The average Bonchev–Trinajstić information content (AvgIpc) is 2.97. The Labute approximate surface area is 164 Å². The van der Waals surface area contributed by atoms with E-state index in [-0.39, 0.29) is 17.8 Å². The largest absolute Gasteiger partial charge is 0.352 e. The second-order valence-corrected chi connectivity index (χ2v) is 7.13. The molecule has 0 atom stereocenters. The molecule has 0 fully saturated rings. The third-order valence-corrected chi connectivity index (χ3v) is 5.07. The molecule has 0 aliphatic carbocycles. The molecule has 4 rings (SSSR count). The van der Waals surface area contributed by atoms with E-state index >= 15 is 0 Å². The van der Waals surface area contributed by atoms with Gasteiger partial charge in [0.15, 0.2) is 0 Å². The Morgan fingerprint density at radius 3 is 2.59 bits per heavy atom. The highest BCUT2D eigenvalue weighted by Crippen LogP contribution is 2.18. The van der Waals surface area contributed by atoms with Crippen LogP contribution in [0.2, 0.25) is 10.0 Å². The highest BCUT2D eigenvalue weighted by molar-refractivity contribution is 6.31. The number of benzene rings is 2. The molecule has 0 saturated heterocycles. The lowest BCUT2D eigenvalue weighted by Gasteiger charge is -2.08. The number of rotatable bonds is 4. The standard InChI is InChI=1S/C19H16Cl2N4O2/c1-2-9-23-17(26)14-8-7-13(20)10-16(14)25-18(23)22-24(19(25)27)11-12-5-3-4-6-15(12)21/h3-8,10H,2,9,11H2,1H3. The molecule has 0 N–H and O–H groups in total. The number of hydrogen-bond acceptors (Lipinski definition) is 3. The van der Waals surface area contributed by atoms with Crippen molar-refractivity contribution < 1.29 is 0 Å². The molecule has 6 nitrogen and oxygen atoms in total. The maximum atomic E-state index is 13.1. The van der Waals surface area contributed by atoms with Gasteiger partial charge in [-0.25, -0.2) is 13.9 Å². The van der Waals surface area contributed by atoms with E-state index in [2.05, 4.69) is 5.10 Å². The summed E-state index contributed by atoms with van der Waals surface area (Å²) in [6.45, 7) is 2.64. The second kappa shape index (κ2) is 6.87. The number of halogens is 2. The van der Waals surface area contributed by atoms with Crippen molar-refractivity contribution in [2.45, 2.75) is 26.4 Å². The van der Waals surface area contributed by atoms with Crippen molar-refractivity contribution in [1.82, 2.24) is 18.7 Å². The second-order valence-electron chi connectivity index (χ2n) is 6.29. The predicted molar refractivity (Wildman–Crippen MR) is 107 cm³/mol. The molecular weight excluding hydrogens is 387 g/mol. The van der Waals surface area contributed by atoms with Crippen LogP contribution in [0.3, 0.4) is 0 Å². The molecule has 0 spiro atoms. The lowest BCUT2D eigenvalue weighted by atomic mass is 10.2. The highest BCUT2D eigenvalue weighted by atomic mass is 35.5. The summed E-state index contributed by atoms with van der Waals surface area (Å²) in [6.07, 6.45) is 0.736. The monoisotopic (exact) mass is 402 g/mol. The smallest absolute Gasteiger partial charge is 0.276 e. The molecular formula is C19H16Cl2N4O2. The number of aromatic nitrogens is 4. The van der Waals surface area contributed by atoms with E-state index in [0.29, 0.717) is 33.3 Å². The highest BCUT2D eigenvalue weighted by Gasteiger charge is 2.18. The van der Waals surface area contributed by atoms with Gasteiger partial charge in [0.25, 0.3) is 5.56 Å². The molecule has 0 saturated carbocycles. The van der Waals surface area contributed by atoms with Crippen LogP contribution in [0.1, 0.15) is 18.9 Å². The Morgan fingerprint density at radius 2 is 1.85 bits per heavy atom. The van der Waals surface area contributed by atoms with Crippen molar-refractivity contribution in [3.63, 3.8) is 0 Å². The number of fused-ring (bicyclic) bond motifs is 3. The van der Waals surface area contributed by atoms with E-state index in [9.17, 15) is 9.59 Å². The SMILES string of the molecule is CCCn1c(=O)c2ccc(Cl)cc2n2c(=O)n(Cc3ccccc3Cl)nc12. The van der Waals surface area contributed by atoms with E-state index in [0.717, 1.165) is 12.0 Å². The van der Waals surface area contributed by atoms with Gasteiger partial charge in [0, 0.05) is 16.6 Å². The van der Waals surface area contributed by atoms with Gasteiger partial charge in [0.05, 0.1) is 17.4 Å². The zero-order chi connectivity index (χ0) is 19.1. The molecule has 4 aromatic rings. The van der Waals surface area contributed by atoms with E-state index < -0.39 is 0 Å². The molecule has 2 aromatic carbocycles. The molecule has 2 aromatic heterocycles. The Bertz CT molecular complexity index is 1290. The zero-order valence-corrected chi connectivity index (χ0v) is 16.0. The topological polar surface area (TPSA) is 61.3 Å². The Morgan fingerprint density at radius 1 is 1.07 bits per heavy atom. The van der Waals surface area contributed by atoms with Gasteiger partial charge in [-0.15, -0.1) is 5.10 Å². The third-order valence-electron chi connectivity index (χ3n) is 4.47. The minimum absolute atomic E-state index is 0.189. The van der Waals surface area contributed by atoms with Crippen molar-refractivity contribution in [3.8, 4) is 0 Å². The zero-order valence-electron chi connectivity index (χ0n) is 14.5. The summed E-state index contributed by atoms with van der Waals surface area (Å²) in [5.41, 5.74) is 0.689. The lowest BCUT2D eigenvalue weighted by Crippen LogP contribution is -2.26. The van der Waals surface area contributed by atoms with Gasteiger partial charge in [-0.3, -0.25) is 9.36 Å². The summed E-state index contributed by atoms with van der Waals surface area (Å²) in [5.74, 6) is 0.300. The van der Waals surface area contributed by atoms with E-state index in [1.165, 1.54) is 13.6 Å². The molecule has 27 heavy (non-hydrogen) atoms. The van der Waals surface area contributed by atoms with E-state index in [4.69, 9.17) is 23.2 Å². The van der Waals surface area contributed by atoms with Crippen LogP contribution in [0.4, 0.5) is 0 Å². The van der Waals surface area contributed by atoms with Crippen LogP contribution in [0.25, 0.3) is 16.7 Å². The lowest BCUT2D eigenvalue weighted by molar-refractivity contribution is 0.639. The first-order chi connectivity index (χ1) is 13.0. The van der Waals surface area contributed by atoms with Crippen molar-refractivity contribution in [2.75, 3.05) is 0 Å². The molecule has 0 amide bonds. The van der Waals surface area contributed by atoms with Crippen LogP contribution in [-0.2, 0) is 13.1 Å². The molecule has 0 unspecified atom stereocenters. The van der Waals surface area contributed by atoms with Gasteiger partial charge in [-0.2, -0.15) is 0 Å². The Hall–Kier alpha value is -2.57. The van der Waals surface area contributed by atoms with Crippen molar-refractivity contribution in [3.05, 3.63) is 78.9 Å². The van der Waals surface area contributed by atoms with Crippen molar-refractivity contribution in [1.29, 1.82) is 0 Å². The maximum absolute atomic E-state index is 13.1. The van der Waals surface area contributed by atoms with Crippen LogP contribution >= 0.6 is 23.2 Å². The molecule has 8 heteroatoms. The predicted octanol–water partition coefficient (Wildman–Crippen LogP) is 3.58. The van der Waals surface area contributed by atoms with Gasteiger partial charge in [0.1, 0.15) is 0 Å². The summed E-state index contributed by atoms with van der Waals surface area (Å²) in [6, 6.07) is 12.2. The minimum Gasteiger partial charge on any atom is -0.276 e. The van der Waals surface area contributed by atoms with Crippen LogP contribution in [0.5, 0.6) is 0 Å². The van der Waals surface area contributed by atoms with E-state index in [1.807, 2.05) is 25.1 Å². The van der Waals surface area contributed by atoms with Crippen LogP contribution in [0, 0.1) is 0 Å². The minimum atomic E-state index is -0.345. The summed E-state index contributed by atoms with van der Waals surface area (Å²) < 4.78 is 4.29. The first kappa shape index (κ1) is 17.8. The normalized spacial score (nSPS) is 11.5. The Kier molecular flexibility index (Phi) is 4.53. The van der Waals surface area contributed by atoms with Gasteiger partial charge in [-0.1, -0.05) is 48.3 Å². The average molecular weight is 403 g/mol. The van der Waals surface area contributed by atoms with Gasteiger partial charge in [0.2, 0.25) is 5.78 Å². The third kappa shape index (κ3) is 2.95. The first-order valence-corrected chi connectivity index (χ1v) is 9.32. The fraction of sp³-hybridized carbons (Fsp3) is 0.211. The summed E-state index contributed by atoms with van der Waals surface area (Å²) >= 11 is 12.3. The summed E-state index contributed by atoms with van der Waals surface area (Å²) in [4.78, 5) is 26.0. The van der Waals surface area contributed by atoms with Crippen LogP contribution < -0.4 is 11.2 Å². The molecule has 0 aliphatic rings. The number of hydrogen-bond donors (Lipinski definition) is 0. The molecule has 2 heterocycles. The van der Waals surface area contributed by atoms with Gasteiger partial charge < -0.3 is 0 Å². The summed E-state index contributed by atoms with van der Waals surface area (Å²) in [5, 5.41) is 5.87. The summed E-state index contributed by atoms with van der Waals surface area (Å²) in [7, 11) is 0. The van der Waals surface area contributed by atoms with Gasteiger partial charge in [-0.05, 0) is 36.2 Å². The fourth-order valence-corrected chi connectivity index (χ4v) is 3.57. The first-order valence-electron chi connectivity index (χ1n) is 8.56. The molecule has 0 bridgehead atoms. The van der Waals surface area contributed by atoms with Crippen LogP contribution in [-0.4, -0.2) is 18.7 Å². The number of nitrogens with zero attached hydrogens (tertiary/aromatic N) is 4. The number of aryl methyl sites for hydroxylation is 1. The molecule has 138 valence electrons. The van der Waals surface area contributed by atoms with Crippen molar-refractivity contribution in [2.24, 2.45) is 0 Å². The van der Waals surface area contributed by atoms with Crippen molar-refractivity contribution >= 4 is 39.9 Å². The fourth-order valence-electron chi connectivity index (χ4n) is 3.20. The maximum Gasteiger partial charge on any atom is 0.352 e. The van der Waals surface area contributed by atoms with Gasteiger partial charge >= 0.3 is 5.69 Å². The van der Waals surface area contributed by atoms with Crippen LogP contribution in [0.15, 0.2) is 52.1 Å². The Balaban J connectivity index is 2.06. The molecule has 0 radical (unpaired) electrons. The quantitative estimate of drug-likeness (QED) is 0.524.